The number of hydrogen-bond donors (Lipinski definition) is 4. The predicted molar refractivity (Wildman–Crippen MR) is 52.2 cm³/mol. The summed E-state index contributed by atoms with van der Waals surface area (Å²) in [5.41, 5.74) is 10.0. The van der Waals surface area contributed by atoms with Gasteiger partial charge in [0.25, 0.3) is 0 Å². The SMILES string of the molecule is NC(=O)C1CC(C(=O)O)C(C(=O)O)C1C(N)=O. The quantitative estimate of drug-likeness (QED) is 0.447. The number of carbonyl (C=O) groups is 4. The fourth-order valence-corrected chi connectivity index (χ4v) is 2.32. The Morgan fingerprint density at radius 3 is 1.65 bits per heavy atom. The zero-order chi connectivity index (χ0) is 13.3. The van der Waals surface area contributed by atoms with Crippen molar-refractivity contribution in [2.75, 3.05) is 0 Å². The topological polar surface area (TPSA) is 161 Å². The third-order valence-corrected chi connectivity index (χ3v) is 3.06. The molecule has 1 aliphatic rings. The summed E-state index contributed by atoms with van der Waals surface area (Å²) < 4.78 is 0. The minimum atomic E-state index is -1.51. The standard InChI is InChI=1S/C9H12N2O6/c10-6(12)2-1-3(8(14)15)5(9(16)17)4(2)7(11)13/h2-5H,1H2,(H2,10,12)(H2,11,13)(H,14,15)(H,16,17). The van der Waals surface area contributed by atoms with E-state index in [2.05, 4.69) is 0 Å². The molecule has 0 spiro atoms. The van der Waals surface area contributed by atoms with Crippen molar-refractivity contribution < 1.29 is 29.4 Å². The molecule has 6 N–H and O–H groups in total. The number of carbonyl (C=O) groups excluding carboxylic acids is 2. The van der Waals surface area contributed by atoms with Gasteiger partial charge < -0.3 is 21.7 Å². The van der Waals surface area contributed by atoms with E-state index in [0.29, 0.717) is 0 Å². The zero-order valence-electron chi connectivity index (χ0n) is 8.70. The first-order chi connectivity index (χ1) is 7.77. The molecule has 4 unspecified atom stereocenters. The van der Waals surface area contributed by atoms with Crippen LogP contribution < -0.4 is 11.5 Å². The summed E-state index contributed by atoms with van der Waals surface area (Å²) in [6, 6.07) is 0. The Bertz CT molecular complexity index is 357. The second-order valence-corrected chi connectivity index (χ2v) is 3.98. The Morgan fingerprint density at radius 2 is 1.35 bits per heavy atom. The highest BCUT2D eigenvalue weighted by atomic mass is 16.4. The van der Waals surface area contributed by atoms with Crippen LogP contribution in [0.1, 0.15) is 6.42 Å². The molecule has 0 aliphatic heterocycles. The van der Waals surface area contributed by atoms with Crippen molar-refractivity contribution in [2.24, 2.45) is 35.1 Å². The average Bonchev–Trinajstić information content (AvgIpc) is 2.56. The van der Waals surface area contributed by atoms with Crippen molar-refractivity contribution in [1.82, 2.24) is 0 Å². The third kappa shape index (κ3) is 2.19. The molecule has 2 amide bonds. The highest BCUT2D eigenvalue weighted by Crippen LogP contribution is 2.41. The van der Waals surface area contributed by atoms with Gasteiger partial charge in [0, 0.05) is 0 Å². The molecular weight excluding hydrogens is 232 g/mol. The maximum Gasteiger partial charge on any atom is 0.308 e. The highest BCUT2D eigenvalue weighted by molar-refractivity contribution is 5.93. The molecule has 0 aromatic carbocycles. The lowest BCUT2D eigenvalue weighted by Crippen LogP contribution is -2.40. The molecule has 94 valence electrons. The smallest absolute Gasteiger partial charge is 0.308 e. The minimum Gasteiger partial charge on any atom is -0.481 e. The molecule has 17 heavy (non-hydrogen) atoms. The van der Waals surface area contributed by atoms with E-state index in [9.17, 15) is 19.2 Å². The first-order valence-corrected chi connectivity index (χ1v) is 4.81. The molecule has 1 rings (SSSR count). The molecule has 1 aliphatic carbocycles. The Morgan fingerprint density at radius 1 is 0.824 bits per heavy atom. The summed E-state index contributed by atoms with van der Waals surface area (Å²) in [6.45, 7) is 0. The van der Waals surface area contributed by atoms with Crippen LogP contribution in [0.2, 0.25) is 0 Å². The van der Waals surface area contributed by atoms with Gasteiger partial charge in [0.15, 0.2) is 0 Å². The second kappa shape index (κ2) is 4.40. The van der Waals surface area contributed by atoms with E-state index in [0.717, 1.165) is 0 Å². The van der Waals surface area contributed by atoms with Gasteiger partial charge in [-0.15, -0.1) is 0 Å². The number of rotatable bonds is 4. The van der Waals surface area contributed by atoms with E-state index < -0.39 is 47.4 Å². The lowest BCUT2D eigenvalue weighted by atomic mass is 9.86. The molecule has 0 saturated heterocycles. The van der Waals surface area contributed by atoms with Crippen molar-refractivity contribution in [1.29, 1.82) is 0 Å². The molecule has 8 heteroatoms. The predicted octanol–water partition coefficient (Wildman–Crippen LogP) is -2.01. The molecular formula is C9H12N2O6. The molecule has 0 bridgehead atoms. The Kier molecular flexibility index (Phi) is 3.35. The normalized spacial score (nSPS) is 32.0. The van der Waals surface area contributed by atoms with Crippen LogP contribution in [0.15, 0.2) is 0 Å². The lowest BCUT2D eigenvalue weighted by molar-refractivity contribution is -0.155. The molecule has 0 aromatic heterocycles. The molecule has 0 heterocycles. The molecule has 0 aromatic rings. The Labute approximate surface area is 95.6 Å². The largest absolute Gasteiger partial charge is 0.481 e. The van der Waals surface area contributed by atoms with E-state index in [-0.39, 0.29) is 6.42 Å². The van der Waals surface area contributed by atoms with Crippen LogP contribution in [-0.4, -0.2) is 34.0 Å². The van der Waals surface area contributed by atoms with Crippen LogP contribution in [0.4, 0.5) is 0 Å². The molecule has 1 saturated carbocycles. The van der Waals surface area contributed by atoms with Gasteiger partial charge in [-0.05, 0) is 6.42 Å². The van der Waals surface area contributed by atoms with E-state index >= 15 is 0 Å². The van der Waals surface area contributed by atoms with Gasteiger partial charge in [-0.25, -0.2) is 0 Å². The zero-order valence-corrected chi connectivity index (χ0v) is 8.70. The van der Waals surface area contributed by atoms with Gasteiger partial charge in [-0.2, -0.15) is 0 Å². The minimum absolute atomic E-state index is 0.282. The third-order valence-electron chi connectivity index (χ3n) is 3.06. The number of carboxylic acids is 2. The molecule has 1 fully saturated rings. The first kappa shape index (κ1) is 12.9. The van der Waals surface area contributed by atoms with Crippen molar-refractivity contribution in [3.63, 3.8) is 0 Å². The van der Waals surface area contributed by atoms with Crippen molar-refractivity contribution >= 4 is 23.8 Å². The monoisotopic (exact) mass is 244 g/mol. The van der Waals surface area contributed by atoms with Gasteiger partial charge in [0.1, 0.15) is 0 Å². The second-order valence-electron chi connectivity index (χ2n) is 3.98. The fourth-order valence-electron chi connectivity index (χ4n) is 2.32. The molecule has 4 atom stereocenters. The summed E-state index contributed by atoms with van der Waals surface area (Å²) >= 11 is 0. The lowest BCUT2D eigenvalue weighted by Gasteiger charge is -2.17. The van der Waals surface area contributed by atoms with Gasteiger partial charge in [-0.3, -0.25) is 19.2 Å². The van der Waals surface area contributed by atoms with Gasteiger partial charge in [-0.1, -0.05) is 0 Å². The number of carboxylic acid groups (broad SMARTS) is 2. The summed E-state index contributed by atoms with van der Waals surface area (Å²) in [6.07, 6.45) is -0.282. The number of hydrogen-bond acceptors (Lipinski definition) is 4. The van der Waals surface area contributed by atoms with Gasteiger partial charge in [0.2, 0.25) is 11.8 Å². The maximum absolute atomic E-state index is 11.2. The summed E-state index contributed by atoms with van der Waals surface area (Å²) in [7, 11) is 0. The number of primary amides is 2. The molecule has 8 nitrogen and oxygen atoms in total. The summed E-state index contributed by atoms with van der Waals surface area (Å²) in [4.78, 5) is 44.1. The highest BCUT2D eigenvalue weighted by Gasteiger charge is 2.54. The number of nitrogens with two attached hydrogens (primary N) is 2. The van der Waals surface area contributed by atoms with E-state index in [1.54, 1.807) is 0 Å². The average molecular weight is 244 g/mol. The fraction of sp³-hybridized carbons (Fsp3) is 0.556. The van der Waals surface area contributed by atoms with Crippen LogP contribution in [0.5, 0.6) is 0 Å². The van der Waals surface area contributed by atoms with Crippen LogP contribution in [0.25, 0.3) is 0 Å². The van der Waals surface area contributed by atoms with E-state index in [1.807, 2.05) is 0 Å². The van der Waals surface area contributed by atoms with Crippen LogP contribution >= 0.6 is 0 Å². The number of aliphatic carboxylic acids is 2. The van der Waals surface area contributed by atoms with Crippen LogP contribution in [0.3, 0.4) is 0 Å². The van der Waals surface area contributed by atoms with Gasteiger partial charge >= 0.3 is 11.9 Å². The Hall–Kier alpha value is -2.12. The first-order valence-electron chi connectivity index (χ1n) is 4.81. The summed E-state index contributed by atoms with van der Waals surface area (Å²) in [5.74, 6) is -10.1. The molecule has 0 radical (unpaired) electrons. The van der Waals surface area contributed by atoms with Gasteiger partial charge in [0.05, 0.1) is 23.7 Å². The van der Waals surface area contributed by atoms with Crippen molar-refractivity contribution in [3.05, 3.63) is 0 Å². The van der Waals surface area contributed by atoms with Crippen LogP contribution in [-0.2, 0) is 19.2 Å². The van der Waals surface area contributed by atoms with E-state index in [1.165, 1.54) is 0 Å². The van der Waals surface area contributed by atoms with Crippen molar-refractivity contribution in [3.8, 4) is 0 Å². The van der Waals surface area contributed by atoms with Crippen molar-refractivity contribution in [2.45, 2.75) is 6.42 Å². The summed E-state index contributed by atoms with van der Waals surface area (Å²) in [5, 5.41) is 17.8. The number of amides is 2. The maximum atomic E-state index is 11.2. The van der Waals surface area contributed by atoms with E-state index in [4.69, 9.17) is 21.7 Å². The Balaban J connectivity index is 3.17. The van der Waals surface area contributed by atoms with Crippen LogP contribution in [0, 0.1) is 23.7 Å².